The molecule has 1 aromatic rings. The van der Waals surface area contributed by atoms with Gasteiger partial charge in [-0.15, -0.1) is 0 Å². The summed E-state index contributed by atoms with van der Waals surface area (Å²) in [6.45, 7) is 4.45. The van der Waals surface area contributed by atoms with Crippen LogP contribution in [0.1, 0.15) is 49.7 Å². The van der Waals surface area contributed by atoms with E-state index < -0.39 is 0 Å². The normalized spacial score (nSPS) is 26.5. The summed E-state index contributed by atoms with van der Waals surface area (Å²) in [5.41, 5.74) is 9.57. The highest BCUT2D eigenvalue weighted by molar-refractivity contribution is 5.49. The van der Waals surface area contributed by atoms with Gasteiger partial charge in [0.1, 0.15) is 0 Å². The second-order valence-electron chi connectivity index (χ2n) is 4.98. The molecule has 1 aliphatic carbocycles. The van der Waals surface area contributed by atoms with Gasteiger partial charge in [-0.05, 0) is 42.4 Å². The molecule has 0 spiro atoms. The fourth-order valence-corrected chi connectivity index (χ4v) is 2.70. The molecular weight excluding hydrogens is 182 g/mol. The van der Waals surface area contributed by atoms with Crippen LogP contribution in [0.2, 0.25) is 0 Å². The lowest BCUT2D eigenvalue weighted by Crippen LogP contribution is -2.15. The Kier molecular flexibility index (Phi) is 2.99. The van der Waals surface area contributed by atoms with Crippen LogP contribution >= 0.6 is 0 Å². The first-order chi connectivity index (χ1) is 7.18. The van der Waals surface area contributed by atoms with Crippen molar-refractivity contribution in [3.05, 3.63) is 29.3 Å². The van der Waals surface area contributed by atoms with Gasteiger partial charge in [0.2, 0.25) is 0 Å². The molecule has 0 heterocycles. The zero-order valence-electron chi connectivity index (χ0n) is 9.79. The quantitative estimate of drug-likeness (QED) is 0.689. The SMILES string of the molecule is Cc1ccc([C@H]2CCCC[C@@H]2C)cc1N. The third-order valence-corrected chi connectivity index (χ3v) is 3.84. The van der Waals surface area contributed by atoms with Crippen LogP contribution in [-0.4, -0.2) is 0 Å². The second kappa shape index (κ2) is 4.26. The Balaban J connectivity index is 2.24. The predicted molar refractivity (Wildman–Crippen MR) is 66.0 cm³/mol. The van der Waals surface area contributed by atoms with Gasteiger partial charge in [0.25, 0.3) is 0 Å². The van der Waals surface area contributed by atoms with E-state index >= 15 is 0 Å². The minimum atomic E-state index is 0.738. The van der Waals surface area contributed by atoms with E-state index in [0.29, 0.717) is 0 Å². The van der Waals surface area contributed by atoms with Crippen molar-refractivity contribution in [1.29, 1.82) is 0 Å². The van der Waals surface area contributed by atoms with Gasteiger partial charge in [-0.3, -0.25) is 0 Å². The average molecular weight is 203 g/mol. The van der Waals surface area contributed by atoms with Gasteiger partial charge in [0, 0.05) is 5.69 Å². The summed E-state index contributed by atoms with van der Waals surface area (Å²) < 4.78 is 0. The number of anilines is 1. The van der Waals surface area contributed by atoms with Crippen molar-refractivity contribution in [2.75, 3.05) is 5.73 Å². The van der Waals surface area contributed by atoms with Crippen LogP contribution in [0.5, 0.6) is 0 Å². The van der Waals surface area contributed by atoms with E-state index in [-0.39, 0.29) is 0 Å². The third kappa shape index (κ3) is 2.17. The van der Waals surface area contributed by atoms with Gasteiger partial charge in [0.15, 0.2) is 0 Å². The van der Waals surface area contributed by atoms with E-state index in [1.54, 1.807) is 0 Å². The molecule has 2 atom stereocenters. The maximum absolute atomic E-state index is 5.97. The zero-order valence-corrected chi connectivity index (χ0v) is 9.79. The third-order valence-electron chi connectivity index (χ3n) is 3.84. The lowest BCUT2D eigenvalue weighted by atomic mass is 9.76. The molecule has 1 saturated carbocycles. The molecule has 0 aromatic heterocycles. The fourth-order valence-electron chi connectivity index (χ4n) is 2.70. The summed E-state index contributed by atoms with van der Waals surface area (Å²) in [4.78, 5) is 0. The maximum Gasteiger partial charge on any atom is 0.0346 e. The summed E-state index contributed by atoms with van der Waals surface area (Å²) >= 11 is 0. The van der Waals surface area contributed by atoms with Crippen molar-refractivity contribution in [2.24, 2.45) is 5.92 Å². The Morgan fingerprint density at radius 3 is 2.60 bits per heavy atom. The molecule has 2 N–H and O–H groups in total. The maximum atomic E-state index is 5.97. The molecule has 1 aliphatic rings. The molecular formula is C14H21N. The minimum absolute atomic E-state index is 0.738. The second-order valence-corrected chi connectivity index (χ2v) is 4.98. The number of hydrogen-bond acceptors (Lipinski definition) is 1. The van der Waals surface area contributed by atoms with Gasteiger partial charge in [0.05, 0.1) is 0 Å². The highest BCUT2D eigenvalue weighted by Gasteiger charge is 2.22. The number of benzene rings is 1. The van der Waals surface area contributed by atoms with E-state index in [1.165, 1.54) is 36.8 Å². The lowest BCUT2D eigenvalue weighted by Gasteiger charge is -2.29. The van der Waals surface area contributed by atoms with Crippen LogP contribution in [0.3, 0.4) is 0 Å². The van der Waals surface area contributed by atoms with Crippen molar-refractivity contribution in [1.82, 2.24) is 0 Å². The van der Waals surface area contributed by atoms with Crippen LogP contribution in [0, 0.1) is 12.8 Å². The van der Waals surface area contributed by atoms with E-state index in [0.717, 1.165) is 17.5 Å². The smallest absolute Gasteiger partial charge is 0.0346 e. The van der Waals surface area contributed by atoms with E-state index in [4.69, 9.17) is 5.73 Å². The van der Waals surface area contributed by atoms with Crippen LogP contribution in [-0.2, 0) is 0 Å². The molecule has 0 bridgehead atoms. The van der Waals surface area contributed by atoms with Gasteiger partial charge in [-0.1, -0.05) is 38.3 Å². The summed E-state index contributed by atoms with van der Waals surface area (Å²) in [6.07, 6.45) is 5.49. The first kappa shape index (κ1) is 10.5. The molecule has 0 amide bonds. The Bertz CT molecular complexity index is 343. The van der Waals surface area contributed by atoms with Crippen molar-refractivity contribution >= 4 is 5.69 Å². The summed E-state index contributed by atoms with van der Waals surface area (Å²) in [6, 6.07) is 6.60. The number of hydrogen-bond donors (Lipinski definition) is 1. The van der Waals surface area contributed by atoms with Gasteiger partial charge in [-0.2, -0.15) is 0 Å². The highest BCUT2D eigenvalue weighted by atomic mass is 14.6. The molecule has 1 aromatic carbocycles. The number of nitrogen functional groups attached to an aromatic ring is 1. The molecule has 1 nitrogen and oxygen atoms in total. The average Bonchev–Trinajstić information content (AvgIpc) is 2.23. The van der Waals surface area contributed by atoms with Crippen LogP contribution < -0.4 is 5.73 Å². The van der Waals surface area contributed by atoms with Gasteiger partial charge >= 0.3 is 0 Å². The topological polar surface area (TPSA) is 26.0 Å². The predicted octanol–water partition coefficient (Wildman–Crippen LogP) is 3.87. The molecule has 0 saturated heterocycles. The standard InChI is InChI=1S/C14H21N/c1-10-5-3-4-6-13(10)12-8-7-11(2)14(15)9-12/h7-10,13H,3-6,15H2,1-2H3/t10-,13-/m0/s1. The van der Waals surface area contributed by atoms with Crippen LogP contribution in [0.25, 0.3) is 0 Å². The number of aryl methyl sites for hydroxylation is 1. The largest absolute Gasteiger partial charge is 0.399 e. The van der Waals surface area contributed by atoms with Crippen molar-refractivity contribution < 1.29 is 0 Å². The van der Waals surface area contributed by atoms with Crippen LogP contribution in [0.15, 0.2) is 18.2 Å². The Labute approximate surface area is 92.7 Å². The zero-order chi connectivity index (χ0) is 10.8. The van der Waals surface area contributed by atoms with Crippen molar-refractivity contribution in [3.8, 4) is 0 Å². The Hall–Kier alpha value is -0.980. The van der Waals surface area contributed by atoms with E-state index in [1.807, 2.05) is 0 Å². The molecule has 2 rings (SSSR count). The van der Waals surface area contributed by atoms with E-state index in [9.17, 15) is 0 Å². The Morgan fingerprint density at radius 1 is 1.20 bits per heavy atom. The highest BCUT2D eigenvalue weighted by Crippen LogP contribution is 2.38. The number of rotatable bonds is 1. The van der Waals surface area contributed by atoms with Crippen LogP contribution in [0.4, 0.5) is 5.69 Å². The van der Waals surface area contributed by atoms with Crippen molar-refractivity contribution in [2.45, 2.75) is 45.4 Å². The fraction of sp³-hybridized carbons (Fsp3) is 0.571. The first-order valence-electron chi connectivity index (χ1n) is 6.04. The summed E-state index contributed by atoms with van der Waals surface area (Å²) in [7, 11) is 0. The molecule has 82 valence electrons. The molecule has 0 aliphatic heterocycles. The van der Waals surface area contributed by atoms with Gasteiger partial charge in [-0.25, -0.2) is 0 Å². The summed E-state index contributed by atoms with van der Waals surface area (Å²) in [5, 5.41) is 0. The molecule has 0 radical (unpaired) electrons. The van der Waals surface area contributed by atoms with E-state index in [2.05, 4.69) is 32.0 Å². The summed E-state index contributed by atoms with van der Waals surface area (Å²) in [5.74, 6) is 1.56. The molecule has 1 heteroatoms. The first-order valence-corrected chi connectivity index (χ1v) is 6.04. The monoisotopic (exact) mass is 203 g/mol. The molecule has 15 heavy (non-hydrogen) atoms. The minimum Gasteiger partial charge on any atom is -0.399 e. The molecule has 0 unspecified atom stereocenters. The van der Waals surface area contributed by atoms with Gasteiger partial charge < -0.3 is 5.73 Å². The van der Waals surface area contributed by atoms with Crippen molar-refractivity contribution in [3.63, 3.8) is 0 Å². The lowest BCUT2D eigenvalue weighted by molar-refractivity contribution is 0.330. The number of nitrogens with two attached hydrogens (primary N) is 1. The Morgan fingerprint density at radius 2 is 1.93 bits per heavy atom. The molecule has 1 fully saturated rings.